The molecule has 0 radical (unpaired) electrons. The molecule has 0 aliphatic heterocycles. The summed E-state index contributed by atoms with van der Waals surface area (Å²) in [5.74, 6) is 0.665. The molecule has 218 valence electrons. The zero-order valence-electron chi connectivity index (χ0n) is 25.4. The minimum atomic E-state index is 0.665. The highest BCUT2D eigenvalue weighted by Crippen LogP contribution is 2.46. The molecule has 0 spiro atoms. The van der Waals surface area contributed by atoms with Gasteiger partial charge in [0.05, 0.1) is 22.4 Å². The molecule has 8 aromatic carbocycles. The quantitative estimate of drug-likeness (QED) is 0.189. The Hall–Kier alpha value is -6.32. The monoisotopic (exact) mass is 597 g/mol. The van der Waals surface area contributed by atoms with Crippen LogP contribution in [0.4, 0.5) is 0 Å². The van der Waals surface area contributed by atoms with E-state index >= 15 is 0 Å². The predicted octanol–water partition coefficient (Wildman–Crippen LogP) is 11.5. The fourth-order valence-corrected chi connectivity index (χ4v) is 7.44. The van der Waals surface area contributed by atoms with Crippen LogP contribution in [-0.2, 0) is 0 Å². The Morgan fingerprint density at radius 2 is 0.872 bits per heavy atom. The first-order valence-electron chi connectivity index (χ1n) is 16.0. The first-order chi connectivity index (χ1) is 23.3. The van der Waals surface area contributed by atoms with Gasteiger partial charge < -0.3 is 0 Å². The second-order valence-corrected chi connectivity index (χ2v) is 12.2. The van der Waals surface area contributed by atoms with Gasteiger partial charge in [-0.15, -0.1) is 0 Å². The zero-order valence-corrected chi connectivity index (χ0v) is 25.4. The summed E-state index contributed by atoms with van der Waals surface area (Å²) < 4.78 is 2.28. The molecule has 0 N–H and O–H groups in total. The average molecular weight is 598 g/mol. The van der Waals surface area contributed by atoms with Crippen LogP contribution in [0.1, 0.15) is 0 Å². The van der Waals surface area contributed by atoms with Gasteiger partial charge in [0.1, 0.15) is 0 Å². The lowest BCUT2D eigenvalue weighted by atomic mass is 9.91. The molecule has 0 amide bonds. The van der Waals surface area contributed by atoms with E-state index in [-0.39, 0.29) is 0 Å². The molecule has 0 saturated carbocycles. The van der Waals surface area contributed by atoms with E-state index in [1.165, 1.54) is 54.2 Å². The van der Waals surface area contributed by atoms with Crippen molar-refractivity contribution >= 4 is 54.1 Å². The van der Waals surface area contributed by atoms with Crippen LogP contribution in [-0.4, -0.2) is 14.5 Å². The third-order valence-corrected chi connectivity index (χ3v) is 9.56. The van der Waals surface area contributed by atoms with Crippen molar-refractivity contribution < 1.29 is 0 Å². The van der Waals surface area contributed by atoms with E-state index in [1.54, 1.807) is 0 Å². The minimum Gasteiger partial charge on any atom is -0.278 e. The van der Waals surface area contributed by atoms with Crippen LogP contribution >= 0.6 is 0 Å². The first-order valence-corrected chi connectivity index (χ1v) is 16.0. The second kappa shape index (κ2) is 10.1. The summed E-state index contributed by atoms with van der Waals surface area (Å²) in [4.78, 5) is 10.6. The maximum atomic E-state index is 5.34. The largest absolute Gasteiger partial charge is 0.278 e. The van der Waals surface area contributed by atoms with E-state index < -0.39 is 0 Å². The Bertz CT molecular complexity index is 2750. The van der Waals surface area contributed by atoms with Crippen LogP contribution < -0.4 is 0 Å². The fourth-order valence-electron chi connectivity index (χ4n) is 7.44. The lowest BCUT2D eigenvalue weighted by molar-refractivity contribution is 0.996. The molecule has 3 nitrogen and oxygen atoms in total. The molecule has 2 aromatic heterocycles. The van der Waals surface area contributed by atoms with Crippen LogP contribution in [0.5, 0.6) is 0 Å². The first kappa shape index (κ1) is 26.0. The second-order valence-electron chi connectivity index (χ2n) is 12.2. The Labute approximate surface area is 271 Å². The van der Waals surface area contributed by atoms with Crippen molar-refractivity contribution in [3.05, 3.63) is 164 Å². The van der Waals surface area contributed by atoms with Gasteiger partial charge in [0, 0.05) is 27.3 Å². The molecule has 10 aromatic rings. The maximum Gasteiger partial charge on any atom is 0.235 e. The average Bonchev–Trinajstić information content (AvgIpc) is 3.48. The van der Waals surface area contributed by atoms with Gasteiger partial charge in [-0.2, -0.15) is 0 Å². The molecule has 47 heavy (non-hydrogen) atoms. The van der Waals surface area contributed by atoms with Gasteiger partial charge in [0.2, 0.25) is 5.95 Å². The normalized spacial score (nSPS) is 11.8. The van der Waals surface area contributed by atoms with Crippen molar-refractivity contribution in [1.29, 1.82) is 0 Å². The third kappa shape index (κ3) is 3.93. The van der Waals surface area contributed by atoms with Crippen molar-refractivity contribution in [3.63, 3.8) is 0 Å². The molecular formula is C44H27N3. The highest BCUT2D eigenvalue weighted by molar-refractivity contribution is 6.39. The Morgan fingerprint density at radius 1 is 0.340 bits per heavy atom. The molecule has 10 rings (SSSR count). The van der Waals surface area contributed by atoms with E-state index in [4.69, 9.17) is 9.97 Å². The molecular weight excluding hydrogens is 571 g/mol. The number of aromatic nitrogens is 3. The molecule has 0 bridgehead atoms. The summed E-state index contributed by atoms with van der Waals surface area (Å²) in [7, 11) is 0. The number of fused-ring (bicyclic) bond motifs is 5. The van der Waals surface area contributed by atoms with Crippen molar-refractivity contribution in [2.45, 2.75) is 0 Å². The number of benzene rings is 8. The molecule has 0 fully saturated rings. The summed E-state index contributed by atoms with van der Waals surface area (Å²) >= 11 is 0. The minimum absolute atomic E-state index is 0.665. The highest BCUT2D eigenvalue weighted by Gasteiger charge is 2.23. The van der Waals surface area contributed by atoms with E-state index in [0.29, 0.717) is 5.95 Å². The topological polar surface area (TPSA) is 30.7 Å². The Morgan fingerprint density at radius 3 is 1.62 bits per heavy atom. The lowest BCUT2D eigenvalue weighted by Crippen LogP contribution is -2.04. The summed E-state index contributed by atoms with van der Waals surface area (Å²) in [6.07, 6.45) is 0. The lowest BCUT2D eigenvalue weighted by Gasteiger charge is -2.13. The van der Waals surface area contributed by atoms with E-state index in [9.17, 15) is 0 Å². The molecule has 2 heterocycles. The Kier molecular flexibility index (Phi) is 5.57. The zero-order chi connectivity index (χ0) is 30.9. The summed E-state index contributed by atoms with van der Waals surface area (Å²) in [5.41, 5.74) is 8.49. The van der Waals surface area contributed by atoms with Crippen LogP contribution in [0.3, 0.4) is 0 Å². The van der Waals surface area contributed by atoms with Gasteiger partial charge in [0.25, 0.3) is 0 Å². The number of rotatable bonds is 4. The predicted molar refractivity (Wildman–Crippen MR) is 196 cm³/mol. The van der Waals surface area contributed by atoms with E-state index in [2.05, 4.69) is 162 Å². The van der Waals surface area contributed by atoms with Crippen LogP contribution in [0.25, 0.3) is 93.7 Å². The van der Waals surface area contributed by atoms with Gasteiger partial charge in [-0.3, -0.25) is 4.57 Å². The summed E-state index contributed by atoms with van der Waals surface area (Å²) in [5, 5.41) is 10.0. The number of hydrogen-bond donors (Lipinski definition) is 0. The molecule has 0 aliphatic carbocycles. The van der Waals surface area contributed by atoms with Gasteiger partial charge in [-0.1, -0.05) is 146 Å². The fraction of sp³-hybridized carbons (Fsp3) is 0. The van der Waals surface area contributed by atoms with Crippen LogP contribution in [0, 0.1) is 0 Å². The van der Waals surface area contributed by atoms with Gasteiger partial charge in [0.15, 0.2) is 0 Å². The highest BCUT2D eigenvalue weighted by atomic mass is 15.2. The van der Waals surface area contributed by atoms with Gasteiger partial charge in [-0.05, 0) is 56.3 Å². The van der Waals surface area contributed by atoms with Crippen molar-refractivity contribution in [1.82, 2.24) is 14.5 Å². The van der Waals surface area contributed by atoms with Gasteiger partial charge in [-0.25, -0.2) is 9.97 Å². The van der Waals surface area contributed by atoms with E-state index in [1.807, 2.05) is 6.07 Å². The van der Waals surface area contributed by atoms with Crippen molar-refractivity contribution in [2.24, 2.45) is 0 Å². The Balaban J connectivity index is 1.30. The van der Waals surface area contributed by atoms with Crippen molar-refractivity contribution in [3.8, 4) is 39.6 Å². The van der Waals surface area contributed by atoms with Crippen LogP contribution in [0.2, 0.25) is 0 Å². The summed E-state index contributed by atoms with van der Waals surface area (Å²) in [6, 6.07) is 58.2. The van der Waals surface area contributed by atoms with Gasteiger partial charge >= 0.3 is 0 Å². The maximum absolute atomic E-state index is 5.34. The molecule has 0 aliphatic rings. The molecule has 0 saturated heterocycles. The molecule has 0 unspecified atom stereocenters. The SMILES string of the molecule is c1ccc(-c2ccc(-c3cc(-c4ccccc4)nc(-n4c5cccc6c7ccccc7c7c8ccccc8cc4c7c65)n3)cc2)cc1. The summed E-state index contributed by atoms with van der Waals surface area (Å²) in [6.45, 7) is 0. The van der Waals surface area contributed by atoms with Crippen molar-refractivity contribution in [2.75, 3.05) is 0 Å². The smallest absolute Gasteiger partial charge is 0.235 e. The number of nitrogens with zero attached hydrogens (tertiary/aromatic N) is 3. The standard InChI is InChI=1S/C44H27N3/c1-3-12-28(13-4-1)29-22-24-31(25-23-29)38-27-37(30-14-5-2-6-15-30)45-44(46-38)47-39-21-11-20-36-34-18-9-10-19-35(34)41-33-17-8-7-16-32(33)26-40(47)43(41)42(36)39/h1-27H. The molecule has 0 atom stereocenters. The van der Waals surface area contributed by atoms with E-state index in [0.717, 1.165) is 33.5 Å². The number of hydrogen-bond acceptors (Lipinski definition) is 2. The van der Waals surface area contributed by atoms with Crippen LogP contribution in [0.15, 0.2) is 164 Å². The third-order valence-electron chi connectivity index (χ3n) is 9.56. The molecule has 3 heteroatoms.